The highest BCUT2D eigenvalue weighted by Gasteiger charge is 1.93. The van der Waals surface area contributed by atoms with E-state index in [0.29, 0.717) is 12.2 Å². The Bertz CT molecular complexity index is 230. The number of aryl methyl sites for hydroxylation is 1. The van der Waals surface area contributed by atoms with Crippen molar-refractivity contribution in [2.75, 3.05) is 0 Å². The van der Waals surface area contributed by atoms with Gasteiger partial charge in [-0.05, 0) is 18.6 Å². The SMILES string of the molecule is Cc1ccccc1OC=O. The lowest BCUT2D eigenvalue weighted by atomic mass is 10.2. The van der Waals surface area contributed by atoms with Crippen molar-refractivity contribution in [3.63, 3.8) is 0 Å². The molecular formula is C8H8O2. The highest BCUT2D eigenvalue weighted by atomic mass is 16.5. The van der Waals surface area contributed by atoms with Crippen LogP contribution in [0.4, 0.5) is 0 Å². The summed E-state index contributed by atoms with van der Waals surface area (Å²) in [6, 6.07) is 7.36. The number of carbonyl (C=O) groups is 1. The first-order chi connectivity index (χ1) is 4.84. The molecule has 0 atom stereocenters. The van der Waals surface area contributed by atoms with Crippen molar-refractivity contribution in [1.82, 2.24) is 0 Å². The van der Waals surface area contributed by atoms with E-state index in [-0.39, 0.29) is 0 Å². The van der Waals surface area contributed by atoms with Crippen LogP contribution in [0.1, 0.15) is 5.56 Å². The van der Waals surface area contributed by atoms with Gasteiger partial charge in [0.05, 0.1) is 0 Å². The van der Waals surface area contributed by atoms with Crippen molar-refractivity contribution in [1.29, 1.82) is 0 Å². The fraction of sp³-hybridized carbons (Fsp3) is 0.125. The van der Waals surface area contributed by atoms with Gasteiger partial charge < -0.3 is 4.74 Å². The smallest absolute Gasteiger partial charge is 0.298 e. The van der Waals surface area contributed by atoms with Gasteiger partial charge in [0.2, 0.25) is 0 Å². The molecule has 0 N–H and O–H groups in total. The molecule has 1 aromatic rings. The van der Waals surface area contributed by atoms with Gasteiger partial charge >= 0.3 is 0 Å². The summed E-state index contributed by atoms with van der Waals surface area (Å²) in [7, 11) is 0. The lowest BCUT2D eigenvalue weighted by Crippen LogP contribution is -1.89. The number of benzene rings is 1. The quantitative estimate of drug-likeness (QED) is 0.576. The van der Waals surface area contributed by atoms with Crippen molar-refractivity contribution in [3.05, 3.63) is 29.8 Å². The number of para-hydroxylation sites is 1. The molecule has 0 spiro atoms. The molecule has 0 unspecified atom stereocenters. The van der Waals surface area contributed by atoms with Crippen LogP contribution in [0.5, 0.6) is 5.75 Å². The summed E-state index contributed by atoms with van der Waals surface area (Å²) in [5, 5.41) is 0. The molecule has 1 aromatic carbocycles. The van der Waals surface area contributed by atoms with Crippen LogP contribution in [-0.4, -0.2) is 6.47 Å². The van der Waals surface area contributed by atoms with E-state index in [1.54, 1.807) is 6.07 Å². The summed E-state index contributed by atoms with van der Waals surface area (Å²) in [5.41, 5.74) is 0.967. The molecule has 0 fully saturated rings. The number of hydrogen-bond donors (Lipinski definition) is 0. The summed E-state index contributed by atoms with van der Waals surface area (Å²) in [5.74, 6) is 0.623. The highest BCUT2D eigenvalue weighted by molar-refractivity contribution is 5.47. The van der Waals surface area contributed by atoms with Gasteiger partial charge in [-0.2, -0.15) is 0 Å². The molecule has 0 radical (unpaired) electrons. The zero-order chi connectivity index (χ0) is 7.40. The molecule has 0 amide bonds. The van der Waals surface area contributed by atoms with Crippen molar-refractivity contribution < 1.29 is 9.53 Å². The molecule has 0 aliphatic heterocycles. The molecule has 0 heterocycles. The first-order valence-corrected chi connectivity index (χ1v) is 3.00. The Balaban J connectivity index is 2.91. The second kappa shape index (κ2) is 3.01. The predicted molar refractivity (Wildman–Crippen MR) is 37.9 cm³/mol. The van der Waals surface area contributed by atoms with Crippen LogP contribution in [0.25, 0.3) is 0 Å². The average Bonchev–Trinajstić information content (AvgIpc) is 1.94. The van der Waals surface area contributed by atoms with Crippen molar-refractivity contribution in [2.24, 2.45) is 0 Å². The summed E-state index contributed by atoms with van der Waals surface area (Å²) in [4.78, 5) is 9.90. The van der Waals surface area contributed by atoms with Gasteiger partial charge in [-0.25, -0.2) is 0 Å². The highest BCUT2D eigenvalue weighted by Crippen LogP contribution is 2.14. The largest absolute Gasteiger partial charge is 0.428 e. The number of ether oxygens (including phenoxy) is 1. The minimum absolute atomic E-state index is 0.433. The zero-order valence-corrected chi connectivity index (χ0v) is 5.70. The molecule has 0 saturated heterocycles. The Morgan fingerprint density at radius 2 is 2.10 bits per heavy atom. The molecule has 10 heavy (non-hydrogen) atoms. The molecule has 2 heteroatoms. The number of hydrogen-bond acceptors (Lipinski definition) is 2. The molecule has 0 aromatic heterocycles. The Labute approximate surface area is 59.4 Å². The summed E-state index contributed by atoms with van der Waals surface area (Å²) < 4.78 is 4.66. The number of carbonyl (C=O) groups excluding carboxylic acids is 1. The topological polar surface area (TPSA) is 26.3 Å². The molecular weight excluding hydrogens is 128 g/mol. The third-order valence-corrected chi connectivity index (χ3v) is 1.27. The van der Waals surface area contributed by atoms with E-state index < -0.39 is 0 Å². The monoisotopic (exact) mass is 136 g/mol. The maximum atomic E-state index is 9.90. The van der Waals surface area contributed by atoms with Crippen LogP contribution >= 0.6 is 0 Å². The third-order valence-electron chi connectivity index (χ3n) is 1.27. The molecule has 2 nitrogen and oxygen atoms in total. The van der Waals surface area contributed by atoms with E-state index in [9.17, 15) is 4.79 Å². The Hall–Kier alpha value is -1.31. The van der Waals surface area contributed by atoms with Crippen molar-refractivity contribution >= 4 is 6.47 Å². The van der Waals surface area contributed by atoms with Crippen LogP contribution in [0, 0.1) is 6.92 Å². The molecule has 1 rings (SSSR count). The maximum absolute atomic E-state index is 9.90. The van der Waals surface area contributed by atoms with Gasteiger partial charge in [-0.15, -0.1) is 0 Å². The van der Waals surface area contributed by atoms with E-state index >= 15 is 0 Å². The van der Waals surface area contributed by atoms with Crippen molar-refractivity contribution in [2.45, 2.75) is 6.92 Å². The third kappa shape index (κ3) is 1.35. The standard InChI is InChI=1S/C8H8O2/c1-7-4-2-3-5-8(7)10-6-9/h2-6H,1H3. The summed E-state index contributed by atoms with van der Waals surface area (Å²) in [6.07, 6.45) is 0. The van der Waals surface area contributed by atoms with E-state index in [2.05, 4.69) is 4.74 Å². The Kier molecular flexibility index (Phi) is 2.05. The normalized spacial score (nSPS) is 8.90. The average molecular weight is 136 g/mol. The van der Waals surface area contributed by atoms with Gasteiger partial charge in [-0.1, -0.05) is 18.2 Å². The minimum atomic E-state index is 0.433. The maximum Gasteiger partial charge on any atom is 0.298 e. The minimum Gasteiger partial charge on any atom is -0.428 e. The fourth-order valence-corrected chi connectivity index (χ4v) is 0.740. The lowest BCUT2D eigenvalue weighted by molar-refractivity contribution is -0.120. The van der Waals surface area contributed by atoms with E-state index in [1.807, 2.05) is 25.1 Å². The molecule has 0 aliphatic carbocycles. The molecule has 0 saturated carbocycles. The van der Waals surface area contributed by atoms with E-state index in [4.69, 9.17) is 0 Å². The molecule has 0 aliphatic rings. The van der Waals surface area contributed by atoms with Crippen molar-refractivity contribution in [3.8, 4) is 5.75 Å². The van der Waals surface area contributed by atoms with Crippen LogP contribution in [-0.2, 0) is 4.79 Å². The summed E-state index contributed by atoms with van der Waals surface area (Å²) >= 11 is 0. The van der Waals surface area contributed by atoms with Gasteiger partial charge in [0.25, 0.3) is 6.47 Å². The predicted octanol–water partition coefficient (Wildman–Crippen LogP) is 1.53. The second-order valence-corrected chi connectivity index (χ2v) is 1.98. The number of rotatable bonds is 2. The van der Waals surface area contributed by atoms with Crippen LogP contribution in [0.3, 0.4) is 0 Å². The van der Waals surface area contributed by atoms with Crippen LogP contribution < -0.4 is 4.74 Å². The van der Waals surface area contributed by atoms with E-state index in [1.165, 1.54) is 0 Å². The first-order valence-electron chi connectivity index (χ1n) is 3.00. The van der Waals surface area contributed by atoms with Gasteiger partial charge in [0, 0.05) is 0 Å². The first kappa shape index (κ1) is 6.81. The van der Waals surface area contributed by atoms with Gasteiger partial charge in [-0.3, -0.25) is 4.79 Å². The van der Waals surface area contributed by atoms with Gasteiger partial charge in [0.1, 0.15) is 5.75 Å². The lowest BCUT2D eigenvalue weighted by Gasteiger charge is -1.99. The van der Waals surface area contributed by atoms with Gasteiger partial charge in [0.15, 0.2) is 0 Å². The van der Waals surface area contributed by atoms with E-state index in [0.717, 1.165) is 5.56 Å². The summed E-state index contributed by atoms with van der Waals surface area (Å²) in [6.45, 7) is 2.32. The molecule has 0 bridgehead atoms. The Morgan fingerprint density at radius 3 is 2.70 bits per heavy atom. The molecule has 52 valence electrons. The fourth-order valence-electron chi connectivity index (χ4n) is 0.740. The van der Waals surface area contributed by atoms with Crippen LogP contribution in [0.15, 0.2) is 24.3 Å². The second-order valence-electron chi connectivity index (χ2n) is 1.98. The Morgan fingerprint density at radius 1 is 1.40 bits per heavy atom. The zero-order valence-electron chi connectivity index (χ0n) is 5.70. The van der Waals surface area contributed by atoms with Crippen LogP contribution in [0.2, 0.25) is 0 Å².